The van der Waals surface area contributed by atoms with Crippen molar-refractivity contribution in [3.05, 3.63) is 67.8 Å². The third kappa shape index (κ3) is 7.19. The van der Waals surface area contributed by atoms with E-state index in [2.05, 4.69) is 4.98 Å². The molecule has 3 aromatic rings. The zero-order valence-corrected chi connectivity index (χ0v) is 20.6. The first-order valence-electron chi connectivity index (χ1n) is 8.88. The Morgan fingerprint density at radius 1 is 0.963 bits per heavy atom. The van der Waals surface area contributed by atoms with Gasteiger partial charge in [0.15, 0.2) is 0 Å². The molecule has 0 N–H and O–H groups in total. The number of amides is 1. The molecule has 0 saturated carbocycles. The van der Waals surface area contributed by atoms with E-state index < -0.39 is 0 Å². The number of carbonyl (C=O) groups excluding carboxylic acids is 1. The summed E-state index contributed by atoms with van der Waals surface area (Å²) >= 11 is 0. The number of hydrogen-bond acceptors (Lipinski definition) is 2. The van der Waals surface area contributed by atoms with Crippen LogP contribution in [-0.4, -0.2) is 34.3 Å². The SMILES string of the molecule is CC.CC.CN(C)C(=O)Cc1c(-c2ccccc2)nc2ccccn12.[CH3-].[Y]. The van der Waals surface area contributed by atoms with Crippen LogP contribution in [0.25, 0.3) is 16.9 Å². The summed E-state index contributed by atoms with van der Waals surface area (Å²) in [4.78, 5) is 18.4. The summed E-state index contributed by atoms with van der Waals surface area (Å²) in [5.74, 6) is 0.0674. The standard InChI is InChI=1S/C17H17N3O.2C2H6.CH3.Y/c1-19(2)16(21)12-14-17(13-8-4-3-5-9-13)18-15-10-6-7-11-20(14)15;2*1-2;;/h3-11H,12H2,1-2H3;2*1-2H3;1H3;/q;;;-1;. The van der Waals surface area contributed by atoms with Crippen LogP contribution in [0.2, 0.25) is 0 Å². The van der Waals surface area contributed by atoms with Gasteiger partial charge in [-0.3, -0.25) is 4.79 Å². The Bertz CT molecular complexity index is 783. The van der Waals surface area contributed by atoms with Gasteiger partial charge >= 0.3 is 0 Å². The molecule has 0 aliphatic carbocycles. The molecule has 1 aromatic carbocycles. The molecule has 0 bridgehead atoms. The van der Waals surface area contributed by atoms with Crippen molar-refractivity contribution in [2.45, 2.75) is 34.1 Å². The summed E-state index contributed by atoms with van der Waals surface area (Å²) in [6.07, 6.45) is 2.29. The number of aromatic nitrogens is 2. The summed E-state index contributed by atoms with van der Waals surface area (Å²) in [6.45, 7) is 8.00. The van der Waals surface area contributed by atoms with E-state index in [4.69, 9.17) is 0 Å². The van der Waals surface area contributed by atoms with Gasteiger partial charge in [0.05, 0.1) is 17.8 Å². The number of nitrogens with zero attached hydrogens (tertiary/aromatic N) is 3. The molecule has 0 saturated heterocycles. The monoisotopic (exact) mass is 443 g/mol. The minimum Gasteiger partial charge on any atom is -0.358 e. The first-order chi connectivity index (χ1) is 12.2. The zero-order valence-electron chi connectivity index (χ0n) is 17.7. The molecule has 0 spiro atoms. The van der Waals surface area contributed by atoms with E-state index in [9.17, 15) is 4.79 Å². The van der Waals surface area contributed by atoms with E-state index in [1.165, 1.54) is 0 Å². The van der Waals surface area contributed by atoms with Crippen LogP contribution in [0.3, 0.4) is 0 Å². The van der Waals surface area contributed by atoms with Gasteiger partial charge in [-0.25, -0.2) is 4.98 Å². The van der Waals surface area contributed by atoms with Gasteiger partial charge in [-0.05, 0) is 12.1 Å². The van der Waals surface area contributed by atoms with Crippen molar-refractivity contribution in [1.29, 1.82) is 0 Å². The van der Waals surface area contributed by atoms with Crippen LogP contribution in [-0.2, 0) is 43.9 Å². The minimum atomic E-state index is 0. The summed E-state index contributed by atoms with van der Waals surface area (Å²) in [5.41, 5.74) is 3.69. The van der Waals surface area contributed by atoms with Crippen LogP contribution in [0.15, 0.2) is 54.7 Å². The number of imidazole rings is 1. The third-order valence-corrected chi connectivity index (χ3v) is 3.49. The maximum Gasteiger partial charge on any atom is 0.228 e. The van der Waals surface area contributed by atoms with Gasteiger partial charge in [0, 0.05) is 58.6 Å². The average Bonchev–Trinajstić information content (AvgIpc) is 3.04. The number of hydrogen-bond donors (Lipinski definition) is 0. The van der Waals surface area contributed by atoms with Crippen LogP contribution in [0.4, 0.5) is 0 Å². The fraction of sp³-hybridized carbons (Fsp3) is 0.318. The molecule has 0 aliphatic heterocycles. The van der Waals surface area contributed by atoms with E-state index in [1.807, 2.05) is 86.8 Å². The summed E-state index contributed by atoms with van der Waals surface area (Å²) in [6, 6.07) is 15.8. The molecule has 2 heterocycles. The number of rotatable bonds is 3. The van der Waals surface area contributed by atoms with Crippen LogP contribution < -0.4 is 0 Å². The number of fused-ring (bicyclic) bond motifs is 1. The maximum absolute atomic E-state index is 12.1. The normalized spacial score (nSPS) is 8.81. The minimum absolute atomic E-state index is 0. The molecule has 4 nitrogen and oxygen atoms in total. The molecule has 1 amide bonds. The predicted molar refractivity (Wildman–Crippen MR) is 112 cm³/mol. The molecule has 0 aliphatic rings. The van der Waals surface area contributed by atoms with Crippen molar-refractivity contribution in [3.8, 4) is 11.3 Å². The quantitative estimate of drug-likeness (QED) is 0.527. The van der Waals surface area contributed by atoms with Gasteiger partial charge < -0.3 is 16.7 Å². The van der Waals surface area contributed by atoms with Gasteiger partial charge in [-0.15, -0.1) is 0 Å². The Hall–Kier alpha value is -1.52. The predicted octanol–water partition coefficient (Wildman–Crippen LogP) is 5.13. The topological polar surface area (TPSA) is 37.6 Å². The summed E-state index contributed by atoms with van der Waals surface area (Å²) < 4.78 is 1.99. The molecular weight excluding hydrogens is 411 g/mol. The average molecular weight is 443 g/mol. The van der Waals surface area contributed by atoms with Gasteiger partial charge in [0.25, 0.3) is 0 Å². The molecule has 145 valence electrons. The van der Waals surface area contributed by atoms with E-state index >= 15 is 0 Å². The number of likely N-dealkylation sites (N-methyl/N-ethyl adjacent to an activating group) is 1. The maximum atomic E-state index is 12.1. The Morgan fingerprint density at radius 2 is 1.52 bits per heavy atom. The van der Waals surface area contributed by atoms with E-state index in [-0.39, 0.29) is 46.0 Å². The van der Waals surface area contributed by atoms with Crippen molar-refractivity contribution in [2.24, 2.45) is 0 Å². The van der Waals surface area contributed by atoms with Crippen LogP contribution in [0.5, 0.6) is 0 Å². The van der Waals surface area contributed by atoms with Crippen molar-refractivity contribution < 1.29 is 37.5 Å². The smallest absolute Gasteiger partial charge is 0.228 e. The van der Waals surface area contributed by atoms with E-state index in [1.54, 1.807) is 19.0 Å². The fourth-order valence-corrected chi connectivity index (χ4v) is 2.34. The van der Waals surface area contributed by atoms with E-state index in [0.717, 1.165) is 22.6 Å². The van der Waals surface area contributed by atoms with Crippen molar-refractivity contribution in [3.63, 3.8) is 0 Å². The van der Waals surface area contributed by atoms with Gasteiger partial charge in [0.2, 0.25) is 5.91 Å². The molecule has 1 radical (unpaired) electrons. The van der Waals surface area contributed by atoms with Gasteiger partial charge in [-0.1, -0.05) is 64.1 Å². The van der Waals surface area contributed by atoms with Crippen molar-refractivity contribution >= 4 is 11.6 Å². The summed E-state index contributed by atoms with van der Waals surface area (Å²) in [7, 11) is 3.54. The molecular formula is C22H32N3OY-. The zero-order chi connectivity index (χ0) is 18.8. The number of carbonyl (C=O) groups is 1. The molecule has 0 atom stereocenters. The van der Waals surface area contributed by atoms with Crippen molar-refractivity contribution in [2.75, 3.05) is 14.1 Å². The van der Waals surface area contributed by atoms with Gasteiger partial charge in [0.1, 0.15) is 5.65 Å². The largest absolute Gasteiger partial charge is 0.358 e. The number of pyridine rings is 1. The van der Waals surface area contributed by atoms with Crippen LogP contribution >= 0.6 is 0 Å². The van der Waals surface area contributed by atoms with Crippen LogP contribution in [0.1, 0.15) is 33.4 Å². The Morgan fingerprint density at radius 3 is 2.07 bits per heavy atom. The van der Waals surface area contributed by atoms with Crippen molar-refractivity contribution in [1.82, 2.24) is 14.3 Å². The summed E-state index contributed by atoms with van der Waals surface area (Å²) in [5, 5.41) is 0. The Balaban J connectivity index is 0. The second kappa shape index (κ2) is 14.5. The molecule has 2 aromatic heterocycles. The molecule has 3 rings (SSSR count). The Labute approximate surface area is 189 Å². The molecule has 0 unspecified atom stereocenters. The number of benzene rings is 1. The molecule has 27 heavy (non-hydrogen) atoms. The van der Waals surface area contributed by atoms with Gasteiger partial charge in [-0.2, -0.15) is 0 Å². The first-order valence-corrected chi connectivity index (χ1v) is 8.88. The second-order valence-corrected chi connectivity index (χ2v) is 5.17. The molecule has 5 heteroatoms. The molecule has 0 fully saturated rings. The Kier molecular flexibility index (Phi) is 14.9. The fourth-order valence-electron chi connectivity index (χ4n) is 2.34. The first kappa shape index (κ1) is 27.7. The van der Waals surface area contributed by atoms with E-state index in [0.29, 0.717) is 6.42 Å². The van der Waals surface area contributed by atoms with Crippen LogP contribution in [0, 0.1) is 7.43 Å². The third-order valence-electron chi connectivity index (χ3n) is 3.49. The second-order valence-electron chi connectivity index (χ2n) is 5.17.